The van der Waals surface area contributed by atoms with E-state index in [0.717, 1.165) is 47.9 Å². The van der Waals surface area contributed by atoms with Gasteiger partial charge in [0.2, 0.25) is 0 Å². The van der Waals surface area contributed by atoms with Crippen LogP contribution in [-0.4, -0.2) is 29.3 Å². The summed E-state index contributed by atoms with van der Waals surface area (Å²) in [5, 5.41) is 7.72. The van der Waals surface area contributed by atoms with Crippen molar-refractivity contribution < 1.29 is 19.7 Å². The summed E-state index contributed by atoms with van der Waals surface area (Å²) in [4.78, 5) is 22.9. The summed E-state index contributed by atoms with van der Waals surface area (Å²) in [5.74, 6) is 0.823. The summed E-state index contributed by atoms with van der Waals surface area (Å²) in [6, 6.07) is 29.9. The van der Waals surface area contributed by atoms with Gasteiger partial charge in [0.25, 0.3) is 0 Å². The van der Waals surface area contributed by atoms with E-state index in [4.69, 9.17) is 14.9 Å². The minimum atomic E-state index is -0.745. The van der Waals surface area contributed by atoms with Crippen LogP contribution in [0.15, 0.2) is 84.9 Å². The number of hydrogen-bond acceptors (Lipinski definition) is 4. The second kappa shape index (κ2) is 12.9. The number of hydrogen-bond donors (Lipinski definition) is 1. The van der Waals surface area contributed by atoms with Crippen molar-refractivity contribution in [2.75, 3.05) is 13.3 Å². The first-order valence-corrected chi connectivity index (χ1v) is 12.9. The molecule has 0 aromatic heterocycles. The fourth-order valence-electron chi connectivity index (χ4n) is 4.48. The lowest BCUT2D eigenvalue weighted by atomic mass is 9.79. The number of rotatable bonds is 8. The number of carboxylic acids is 1. The Bertz CT molecular complexity index is 1140. The van der Waals surface area contributed by atoms with Gasteiger partial charge in [-0.05, 0) is 42.7 Å². The monoisotopic (exact) mass is 485 g/mol. The van der Waals surface area contributed by atoms with E-state index >= 15 is 0 Å². The highest BCUT2D eigenvalue weighted by atomic mass is 17.2. The third-order valence-electron chi connectivity index (χ3n) is 6.69. The third kappa shape index (κ3) is 6.76. The lowest BCUT2D eigenvalue weighted by molar-refractivity contribution is -0.265. The van der Waals surface area contributed by atoms with Gasteiger partial charge in [-0.2, -0.15) is 4.89 Å². The molecule has 0 radical (unpaired) electrons. The second-order valence-electron chi connectivity index (χ2n) is 9.23. The number of nitrogens with zero attached hydrogens (tertiary/aromatic N) is 1. The smallest absolute Gasteiger partial charge is 0.303 e. The van der Waals surface area contributed by atoms with E-state index in [1.807, 2.05) is 24.3 Å². The van der Waals surface area contributed by atoms with E-state index in [0.29, 0.717) is 6.73 Å². The standard InChI is InChI=1S/C28H29NO2.C3H6O2/c1-3-12-24(13-4-1)27-28(25-14-5-2-6-15-25)31-30-21-29(27)19-9-11-22-10-7-18-26(20-22)23-16-8-17-23;1-2-3(4)5/h1-7,10,12-15,18,20,23H,8-9,11,16-17,19,21H2;2H2,1H3,(H,4,5). The molecule has 1 N–H and O–H groups in total. The van der Waals surface area contributed by atoms with E-state index in [-0.39, 0.29) is 6.42 Å². The Hall–Kier alpha value is -3.57. The molecule has 1 aliphatic carbocycles. The highest BCUT2D eigenvalue weighted by Crippen LogP contribution is 2.37. The van der Waals surface area contributed by atoms with Gasteiger partial charge in [-0.1, -0.05) is 98.3 Å². The number of aryl methyl sites for hydroxylation is 1. The predicted octanol–water partition coefficient (Wildman–Crippen LogP) is 7.12. The molecule has 5 nitrogen and oxygen atoms in total. The molecule has 1 heterocycles. The number of benzene rings is 3. The molecule has 0 spiro atoms. The Morgan fingerprint density at radius 2 is 1.61 bits per heavy atom. The highest BCUT2D eigenvalue weighted by Gasteiger charge is 2.25. The lowest BCUT2D eigenvalue weighted by Crippen LogP contribution is -2.31. The van der Waals surface area contributed by atoms with Crippen LogP contribution in [0.4, 0.5) is 0 Å². The Balaban J connectivity index is 0.000000556. The van der Waals surface area contributed by atoms with Crippen LogP contribution < -0.4 is 0 Å². The van der Waals surface area contributed by atoms with E-state index in [1.165, 1.54) is 30.4 Å². The van der Waals surface area contributed by atoms with Crippen LogP contribution in [0.1, 0.15) is 67.2 Å². The van der Waals surface area contributed by atoms with Gasteiger partial charge in [0.15, 0.2) is 12.5 Å². The van der Waals surface area contributed by atoms with Crippen LogP contribution in [0.5, 0.6) is 0 Å². The van der Waals surface area contributed by atoms with Crippen molar-refractivity contribution in [3.63, 3.8) is 0 Å². The first-order valence-electron chi connectivity index (χ1n) is 12.9. The maximum Gasteiger partial charge on any atom is 0.303 e. The first-order chi connectivity index (χ1) is 17.7. The molecule has 0 unspecified atom stereocenters. The summed E-state index contributed by atoms with van der Waals surface area (Å²) >= 11 is 0. The molecule has 3 aromatic carbocycles. The van der Waals surface area contributed by atoms with Crippen LogP contribution in [0, 0.1) is 0 Å². The van der Waals surface area contributed by atoms with E-state index in [2.05, 4.69) is 65.6 Å². The van der Waals surface area contributed by atoms with Crippen molar-refractivity contribution in [2.45, 2.75) is 51.4 Å². The Morgan fingerprint density at radius 1 is 0.944 bits per heavy atom. The minimum Gasteiger partial charge on any atom is -0.481 e. The molecule has 2 aliphatic rings. The van der Waals surface area contributed by atoms with E-state index < -0.39 is 5.97 Å². The van der Waals surface area contributed by atoms with Crippen molar-refractivity contribution >= 4 is 17.4 Å². The van der Waals surface area contributed by atoms with Gasteiger partial charge in [0.1, 0.15) is 0 Å². The number of aliphatic carboxylic acids is 1. The quantitative estimate of drug-likeness (QED) is 0.344. The van der Waals surface area contributed by atoms with Crippen LogP contribution >= 0.6 is 0 Å². The van der Waals surface area contributed by atoms with Gasteiger partial charge in [-0.25, -0.2) is 0 Å². The van der Waals surface area contributed by atoms with Crippen molar-refractivity contribution in [1.82, 2.24) is 4.90 Å². The molecule has 5 heteroatoms. The summed E-state index contributed by atoms with van der Waals surface area (Å²) in [6.07, 6.45) is 6.44. The summed E-state index contributed by atoms with van der Waals surface area (Å²) in [6.45, 7) is 2.95. The zero-order valence-corrected chi connectivity index (χ0v) is 20.9. The van der Waals surface area contributed by atoms with Crippen molar-refractivity contribution in [2.24, 2.45) is 0 Å². The van der Waals surface area contributed by atoms with Crippen molar-refractivity contribution in [3.8, 4) is 0 Å². The van der Waals surface area contributed by atoms with E-state index in [1.54, 1.807) is 6.92 Å². The molecule has 5 rings (SSSR count). The normalized spacial score (nSPS) is 15.4. The molecule has 1 fully saturated rings. The van der Waals surface area contributed by atoms with Crippen LogP contribution in [-0.2, 0) is 21.0 Å². The molecule has 1 aliphatic heterocycles. The van der Waals surface area contributed by atoms with Crippen LogP contribution in [0.25, 0.3) is 11.5 Å². The lowest BCUT2D eigenvalue weighted by Gasteiger charge is -2.32. The topological polar surface area (TPSA) is 59.0 Å². The molecular formula is C31H35NO4. The molecule has 36 heavy (non-hydrogen) atoms. The first kappa shape index (κ1) is 25.5. The fraction of sp³-hybridized carbons (Fsp3) is 0.323. The van der Waals surface area contributed by atoms with Gasteiger partial charge < -0.3 is 14.9 Å². The van der Waals surface area contributed by atoms with Gasteiger partial charge in [-0.3, -0.25) is 4.79 Å². The fourth-order valence-corrected chi connectivity index (χ4v) is 4.48. The predicted molar refractivity (Wildman–Crippen MR) is 143 cm³/mol. The SMILES string of the molecule is CCC(=O)O.c1ccc(C2=C(c3ccccc3)N(CCCc3cccc(C4CCC4)c3)COO2)cc1. The Labute approximate surface area is 213 Å². The maximum absolute atomic E-state index is 9.37. The molecular weight excluding hydrogens is 450 g/mol. The zero-order chi connectivity index (χ0) is 25.2. The van der Waals surface area contributed by atoms with E-state index in [9.17, 15) is 4.79 Å². The average Bonchev–Trinajstić information content (AvgIpc) is 2.89. The second-order valence-corrected chi connectivity index (χ2v) is 9.23. The molecule has 3 aromatic rings. The molecule has 0 bridgehead atoms. The van der Waals surface area contributed by atoms with Gasteiger partial charge >= 0.3 is 5.97 Å². The Kier molecular flexibility index (Phi) is 9.17. The Morgan fingerprint density at radius 3 is 2.22 bits per heavy atom. The van der Waals surface area contributed by atoms with Crippen LogP contribution in [0.2, 0.25) is 0 Å². The highest BCUT2D eigenvalue weighted by molar-refractivity contribution is 5.86. The van der Waals surface area contributed by atoms with Gasteiger partial charge in [0, 0.05) is 24.1 Å². The van der Waals surface area contributed by atoms with Crippen molar-refractivity contribution in [1.29, 1.82) is 0 Å². The molecule has 0 atom stereocenters. The van der Waals surface area contributed by atoms with Gasteiger partial charge in [-0.15, -0.1) is 0 Å². The number of carboxylic acid groups (broad SMARTS) is 1. The minimum absolute atomic E-state index is 0.222. The van der Waals surface area contributed by atoms with Crippen LogP contribution in [0.3, 0.4) is 0 Å². The average molecular weight is 486 g/mol. The summed E-state index contributed by atoms with van der Waals surface area (Å²) in [5.41, 5.74) is 6.24. The van der Waals surface area contributed by atoms with Gasteiger partial charge in [0.05, 0.1) is 5.70 Å². The molecule has 188 valence electrons. The number of carbonyl (C=O) groups is 1. The zero-order valence-electron chi connectivity index (χ0n) is 20.9. The summed E-state index contributed by atoms with van der Waals surface area (Å²) in [7, 11) is 0. The molecule has 0 amide bonds. The van der Waals surface area contributed by atoms with Crippen molar-refractivity contribution in [3.05, 3.63) is 107 Å². The molecule has 1 saturated carbocycles. The summed E-state index contributed by atoms with van der Waals surface area (Å²) < 4.78 is 0. The maximum atomic E-state index is 9.37. The third-order valence-corrected chi connectivity index (χ3v) is 6.69. The largest absolute Gasteiger partial charge is 0.481 e. The molecule has 0 saturated heterocycles.